The number of hydrogen-bond donors (Lipinski definition) is 1. The van der Waals surface area contributed by atoms with Gasteiger partial charge in [-0.15, -0.1) is 0 Å². The number of aliphatic carboxylic acids is 1. The summed E-state index contributed by atoms with van der Waals surface area (Å²) in [5.74, 6) is -0.740. The lowest BCUT2D eigenvalue weighted by Gasteiger charge is -2.08. The smallest absolute Gasteiger partial charge is 0.306 e. The molecule has 1 N–H and O–H groups in total. The van der Waals surface area contributed by atoms with E-state index in [2.05, 4.69) is 22.6 Å². The average molecular weight is 298 g/mol. The Morgan fingerprint density at radius 1 is 1.31 bits per heavy atom. The third-order valence-electron chi connectivity index (χ3n) is 2.28. The van der Waals surface area contributed by atoms with Crippen LogP contribution < -0.4 is 0 Å². The maximum Gasteiger partial charge on any atom is 0.306 e. The average Bonchev–Trinajstić information content (AvgIpc) is 2.10. The topological polar surface area (TPSA) is 37.3 Å². The Bertz CT molecular complexity index is 137. The number of carboxylic acid groups (broad SMARTS) is 1. The Kier molecular flexibility index (Phi) is 8.92. The van der Waals surface area contributed by atoms with E-state index in [0.29, 0.717) is 0 Å². The lowest BCUT2D eigenvalue weighted by molar-refractivity contribution is -0.142. The molecule has 78 valence electrons. The molecule has 2 nitrogen and oxygen atoms in total. The van der Waals surface area contributed by atoms with E-state index in [1.165, 1.54) is 23.7 Å². The molecule has 0 saturated heterocycles. The quantitative estimate of drug-likeness (QED) is 0.423. The van der Waals surface area contributed by atoms with Gasteiger partial charge in [0.15, 0.2) is 0 Å². The van der Waals surface area contributed by atoms with E-state index >= 15 is 0 Å². The predicted molar refractivity (Wildman–Crippen MR) is 63.4 cm³/mol. The molecule has 1 unspecified atom stereocenters. The number of halogens is 1. The van der Waals surface area contributed by atoms with Crippen LogP contribution in [0.2, 0.25) is 0 Å². The van der Waals surface area contributed by atoms with Crippen LogP contribution >= 0.6 is 22.6 Å². The maximum absolute atomic E-state index is 10.6. The maximum atomic E-state index is 10.6. The standard InChI is InChI=1S/C10H19IO2/c1-2-9(10(12)13)7-5-3-4-6-8-11/h9H,2-8H2,1H3,(H,12,13). The largest absolute Gasteiger partial charge is 0.481 e. The first-order valence-electron chi connectivity index (χ1n) is 5.01. The van der Waals surface area contributed by atoms with Gasteiger partial charge in [-0.1, -0.05) is 48.8 Å². The summed E-state index contributed by atoms with van der Waals surface area (Å²) in [6.07, 6.45) is 6.40. The fourth-order valence-corrected chi connectivity index (χ4v) is 1.88. The first-order chi connectivity index (χ1) is 6.22. The molecular weight excluding hydrogens is 279 g/mol. The summed E-state index contributed by atoms with van der Waals surface area (Å²) in [4.78, 5) is 10.6. The summed E-state index contributed by atoms with van der Waals surface area (Å²) < 4.78 is 1.22. The van der Waals surface area contributed by atoms with E-state index in [9.17, 15) is 4.79 Å². The highest BCUT2D eigenvalue weighted by atomic mass is 127. The lowest BCUT2D eigenvalue weighted by Crippen LogP contribution is -2.12. The van der Waals surface area contributed by atoms with E-state index in [1.807, 2.05) is 6.92 Å². The molecule has 0 saturated carbocycles. The molecule has 0 rings (SSSR count). The minimum atomic E-state index is -0.628. The zero-order valence-corrected chi connectivity index (χ0v) is 10.4. The lowest BCUT2D eigenvalue weighted by atomic mass is 9.99. The van der Waals surface area contributed by atoms with E-state index in [1.54, 1.807) is 0 Å². The van der Waals surface area contributed by atoms with Crippen molar-refractivity contribution in [1.82, 2.24) is 0 Å². The van der Waals surface area contributed by atoms with Crippen molar-refractivity contribution in [1.29, 1.82) is 0 Å². The zero-order chi connectivity index (χ0) is 10.1. The Labute approximate surface area is 94.2 Å². The van der Waals surface area contributed by atoms with E-state index < -0.39 is 5.97 Å². The van der Waals surface area contributed by atoms with Crippen LogP contribution in [0.4, 0.5) is 0 Å². The van der Waals surface area contributed by atoms with Gasteiger partial charge in [0.2, 0.25) is 0 Å². The van der Waals surface area contributed by atoms with Crippen LogP contribution in [-0.2, 0) is 4.79 Å². The van der Waals surface area contributed by atoms with Crippen molar-refractivity contribution in [3.05, 3.63) is 0 Å². The molecule has 0 heterocycles. The molecular formula is C10H19IO2. The summed E-state index contributed by atoms with van der Waals surface area (Å²) in [5.41, 5.74) is 0. The number of rotatable bonds is 8. The molecule has 0 aliphatic rings. The van der Waals surface area contributed by atoms with Crippen LogP contribution in [0.1, 0.15) is 45.4 Å². The highest BCUT2D eigenvalue weighted by molar-refractivity contribution is 14.1. The van der Waals surface area contributed by atoms with Gasteiger partial charge in [-0.25, -0.2) is 0 Å². The summed E-state index contributed by atoms with van der Waals surface area (Å²) >= 11 is 2.38. The molecule has 0 aromatic rings. The second-order valence-corrected chi connectivity index (χ2v) is 4.41. The van der Waals surface area contributed by atoms with E-state index in [4.69, 9.17) is 5.11 Å². The van der Waals surface area contributed by atoms with Gasteiger partial charge in [0.05, 0.1) is 5.92 Å². The van der Waals surface area contributed by atoms with Crippen LogP contribution in [0.5, 0.6) is 0 Å². The molecule has 0 aromatic carbocycles. The van der Waals surface area contributed by atoms with Gasteiger partial charge in [0, 0.05) is 0 Å². The molecule has 13 heavy (non-hydrogen) atoms. The predicted octanol–water partition coefficient (Wildman–Crippen LogP) is 3.48. The SMILES string of the molecule is CCC(CCCCCCI)C(=O)O. The summed E-state index contributed by atoms with van der Waals surface area (Å²) in [6, 6.07) is 0. The minimum Gasteiger partial charge on any atom is -0.481 e. The molecule has 0 aliphatic heterocycles. The van der Waals surface area contributed by atoms with Gasteiger partial charge in [-0.2, -0.15) is 0 Å². The fraction of sp³-hybridized carbons (Fsp3) is 0.900. The van der Waals surface area contributed by atoms with Gasteiger partial charge in [-0.3, -0.25) is 4.79 Å². The van der Waals surface area contributed by atoms with Crippen molar-refractivity contribution < 1.29 is 9.90 Å². The molecule has 0 aromatic heterocycles. The summed E-state index contributed by atoms with van der Waals surface area (Å²) in [7, 11) is 0. The Morgan fingerprint density at radius 3 is 2.38 bits per heavy atom. The highest BCUT2D eigenvalue weighted by Gasteiger charge is 2.13. The van der Waals surface area contributed by atoms with Gasteiger partial charge in [-0.05, 0) is 23.7 Å². The van der Waals surface area contributed by atoms with Gasteiger partial charge < -0.3 is 5.11 Å². The van der Waals surface area contributed by atoms with Crippen molar-refractivity contribution in [2.45, 2.75) is 45.4 Å². The second kappa shape index (κ2) is 8.78. The van der Waals surface area contributed by atoms with Gasteiger partial charge in [0.25, 0.3) is 0 Å². The van der Waals surface area contributed by atoms with Crippen LogP contribution in [0, 0.1) is 5.92 Å². The van der Waals surface area contributed by atoms with Crippen molar-refractivity contribution in [3.63, 3.8) is 0 Å². The zero-order valence-electron chi connectivity index (χ0n) is 8.26. The molecule has 0 aliphatic carbocycles. The first-order valence-corrected chi connectivity index (χ1v) is 6.53. The molecule has 0 fully saturated rings. The summed E-state index contributed by atoms with van der Waals surface area (Å²) in [5, 5.41) is 8.77. The van der Waals surface area contributed by atoms with Gasteiger partial charge >= 0.3 is 5.97 Å². The molecule has 0 spiro atoms. The van der Waals surface area contributed by atoms with Crippen LogP contribution in [0.25, 0.3) is 0 Å². The third kappa shape index (κ3) is 7.28. The Balaban J connectivity index is 3.33. The molecule has 1 atom stereocenters. The Hall–Kier alpha value is 0.200. The fourth-order valence-electron chi connectivity index (χ4n) is 1.34. The van der Waals surface area contributed by atoms with E-state index in [-0.39, 0.29) is 5.92 Å². The molecule has 0 amide bonds. The summed E-state index contributed by atoms with van der Waals surface area (Å²) in [6.45, 7) is 1.95. The molecule has 3 heteroatoms. The number of carboxylic acids is 1. The molecule has 0 radical (unpaired) electrons. The monoisotopic (exact) mass is 298 g/mol. The molecule has 0 bridgehead atoms. The highest BCUT2D eigenvalue weighted by Crippen LogP contribution is 2.14. The van der Waals surface area contributed by atoms with Gasteiger partial charge in [0.1, 0.15) is 0 Å². The van der Waals surface area contributed by atoms with Crippen molar-refractivity contribution >= 4 is 28.6 Å². The van der Waals surface area contributed by atoms with Crippen molar-refractivity contribution in [2.24, 2.45) is 5.92 Å². The number of unbranched alkanes of at least 4 members (excludes halogenated alkanes) is 3. The number of alkyl halides is 1. The van der Waals surface area contributed by atoms with E-state index in [0.717, 1.165) is 19.3 Å². The van der Waals surface area contributed by atoms with Crippen molar-refractivity contribution in [3.8, 4) is 0 Å². The van der Waals surface area contributed by atoms with Crippen LogP contribution in [0.3, 0.4) is 0 Å². The number of hydrogen-bond acceptors (Lipinski definition) is 1. The number of carbonyl (C=O) groups is 1. The Morgan fingerprint density at radius 2 is 1.92 bits per heavy atom. The van der Waals surface area contributed by atoms with Crippen LogP contribution in [0.15, 0.2) is 0 Å². The first kappa shape index (κ1) is 13.2. The normalized spacial score (nSPS) is 12.8. The second-order valence-electron chi connectivity index (χ2n) is 3.34. The minimum absolute atomic E-state index is 0.111. The van der Waals surface area contributed by atoms with Crippen molar-refractivity contribution in [2.75, 3.05) is 4.43 Å². The van der Waals surface area contributed by atoms with Crippen LogP contribution in [-0.4, -0.2) is 15.5 Å². The third-order valence-corrected chi connectivity index (χ3v) is 3.04.